The van der Waals surface area contributed by atoms with Gasteiger partial charge in [0.25, 0.3) is 0 Å². The zero-order valence-corrected chi connectivity index (χ0v) is 21.5. The minimum absolute atomic E-state index is 0.254. The molecule has 4 aromatic rings. The smallest absolute Gasteiger partial charge is 0.308 e. The number of rotatable bonds is 11. The van der Waals surface area contributed by atoms with Gasteiger partial charge in [-0.1, -0.05) is 72.3 Å². The molecule has 6 nitrogen and oxygen atoms in total. The van der Waals surface area contributed by atoms with Gasteiger partial charge in [0.1, 0.15) is 5.78 Å². The standard InChI is InChI=1S/C27H29ClN3O3P/c1-3-33-35(32,34-4-2)27(29-19-21-11-7-5-8-12-21)25-20-31(24-13-9-6-10-14-24)30-26(25)22-15-17-23(28)18-16-22/h5-18,20,27,29H,3-4,19H2,1-2H3. The molecule has 3 aromatic carbocycles. The van der Waals surface area contributed by atoms with Crippen LogP contribution < -0.4 is 5.32 Å². The van der Waals surface area contributed by atoms with E-state index in [1.54, 1.807) is 4.68 Å². The maximum Gasteiger partial charge on any atom is 0.352 e. The van der Waals surface area contributed by atoms with E-state index in [2.05, 4.69) is 5.32 Å². The molecule has 1 atom stereocenters. The van der Waals surface area contributed by atoms with E-state index < -0.39 is 13.4 Å². The molecule has 1 N–H and O–H groups in total. The summed E-state index contributed by atoms with van der Waals surface area (Å²) in [7, 11) is -3.61. The first-order valence-electron chi connectivity index (χ1n) is 11.6. The van der Waals surface area contributed by atoms with E-state index in [0.29, 0.717) is 17.3 Å². The summed E-state index contributed by atoms with van der Waals surface area (Å²) in [6.45, 7) is 4.61. The first kappa shape index (κ1) is 25.4. The lowest BCUT2D eigenvalue weighted by Crippen LogP contribution is -2.23. The van der Waals surface area contributed by atoms with Gasteiger partial charge in [-0.25, -0.2) is 4.68 Å². The average Bonchev–Trinajstić information content (AvgIpc) is 3.31. The Balaban J connectivity index is 1.85. The predicted octanol–water partition coefficient (Wildman–Crippen LogP) is 7.25. The number of hydrogen-bond donors (Lipinski definition) is 1. The number of nitrogens with zero attached hydrogens (tertiary/aromatic N) is 2. The minimum atomic E-state index is -3.61. The van der Waals surface area contributed by atoms with Crippen molar-refractivity contribution in [1.82, 2.24) is 15.1 Å². The summed E-state index contributed by atoms with van der Waals surface area (Å²) in [5, 5.41) is 8.98. The second-order valence-corrected chi connectivity index (χ2v) is 10.4. The Bertz CT molecular complexity index is 1250. The summed E-state index contributed by atoms with van der Waals surface area (Å²) in [4.78, 5) is 0. The van der Waals surface area contributed by atoms with E-state index in [-0.39, 0.29) is 13.2 Å². The van der Waals surface area contributed by atoms with Gasteiger partial charge in [0.2, 0.25) is 0 Å². The van der Waals surface area contributed by atoms with Crippen LogP contribution in [0.3, 0.4) is 0 Å². The normalized spacial score (nSPS) is 12.5. The number of para-hydroxylation sites is 1. The van der Waals surface area contributed by atoms with Crippen LogP contribution in [0.5, 0.6) is 0 Å². The lowest BCUT2D eigenvalue weighted by Gasteiger charge is -2.27. The van der Waals surface area contributed by atoms with Crippen LogP contribution in [-0.2, 0) is 20.2 Å². The Labute approximate surface area is 211 Å². The molecule has 0 aliphatic carbocycles. The van der Waals surface area contributed by atoms with Gasteiger partial charge in [-0.05, 0) is 43.7 Å². The van der Waals surface area contributed by atoms with Gasteiger partial charge >= 0.3 is 7.60 Å². The van der Waals surface area contributed by atoms with Crippen molar-refractivity contribution in [2.24, 2.45) is 0 Å². The Morgan fingerprint density at radius 1 is 0.914 bits per heavy atom. The highest BCUT2D eigenvalue weighted by Gasteiger charge is 2.39. The van der Waals surface area contributed by atoms with Crippen LogP contribution in [0.25, 0.3) is 16.9 Å². The molecular formula is C27H29ClN3O3P. The zero-order valence-electron chi connectivity index (χ0n) is 19.8. The molecule has 0 bridgehead atoms. The van der Waals surface area contributed by atoms with E-state index >= 15 is 0 Å². The van der Waals surface area contributed by atoms with E-state index in [4.69, 9.17) is 25.7 Å². The van der Waals surface area contributed by atoms with Gasteiger partial charge in [-0.3, -0.25) is 9.88 Å². The monoisotopic (exact) mass is 509 g/mol. The maximum atomic E-state index is 14.2. The van der Waals surface area contributed by atoms with Crippen LogP contribution in [0.1, 0.15) is 30.8 Å². The van der Waals surface area contributed by atoms with Gasteiger partial charge < -0.3 is 9.05 Å². The SMILES string of the molecule is CCOP(=O)(OCC)C(NCc1ccccc1)c1cn(-c2ccccc2)nc1-c1ccc(Cl)cc1. The molecule has 4 rings (SSSR count). The molecule has 1 heterocycles. The molecule has 0 saturated carbocycles. The van der Waals surface area contributed by atoms with Crippen LogP contribution in [0.15, 0.2) is 91.1 Å². The number of aromatic nitrogens is 2. The van der Waals surface area contributed by atoms with Gasteiger partial charge in [-0.15, -0.1) is 0 Å². The summed E-state index contributed by atoms with van der Waals surface area (Å²) in [5.74, 6) is -0.745. The van der Waals surface area contributed by atoms with Gasteiger partial charge in [0, 0.05) is 28.9 Å². The van der Waals surface area contributed by atoms with Crippen LogP contribution in [0.2, 0.25) is 5.02 Å². The fraction of sp³-hybridized carbons (Fsp3) is 0.222. The quantitative estimate of drug-likeness (QED) is 0.216. The van der Waals surface area contributed by atoms with Crippen molar-refractivity contribution in [2.75, 3.05) is 13.2 Å². The van der Waals surface area contributed by atoms with Crippen molar-refractivity contribution >= 4 is 19.2 Å². The summed E-state index contributed by atoms with van der Waals surface area (Å²) in [6.07, 6.45) is 1.90. The lowest BCUT2D eigenvalue weighted by atomic mass is 10.1. The molecule has 1 aromatic heterocycles. The van der Waals surface area contributed by atoms with E-state index in [1.807, 2.05) is 105 Å². The van der Waals surface area contributed by atoms with Crippen molar-refractivity contribution in [2.45, 2.75) is 26.2 Å². The number of benzene rings is 3. The molecule has 0 spiro atoms. The Morgan fingerprint density at radius 2 is 1.51 bits per heavy atom. The summed E-state index contributed by atoms with van der Waals surface area (Å²) in [5.41, 5.74) is 4.19. The second kappa shape index (κ2) is 11.8. The van der Waals surface area contributed by atoms with Gasteiger partial charge in [-0.2, -0.15) is 5.10 Å². The predicted molar refractivity (Wildman–Crippen MR) is 141 cm³/mol. The molecule has 0 amide bonds. The molecule has 0 saturated heterocycles. The number of nitrogens with one attached hydrogen (secondary N) is 1. The molecule has 0 aliphatic heterocycles. The fourth-order valence-electron chi connectivity index (χ4n) is 3.88. The van der Waals surface area contributed by atoms with Crippen molar-refractivity contribution in [3.63, 3.8) is 0 Å². The Hall–Kier alpha value is -2.73. The molecule has 8 heteroatoms. The van der Waals surface area contributed by atoms with Crippen molar-refractivity contribution in [3.8, 4) is 16.9 Å². The summed E-state index contributed by atoms with van der Waals surface area (Å²) < 4.78 is 27.6. The molecule has 1 unspecified atom stereocenters. The Kier molecular flexibility index (Phi) is 8.55. The highest BCUT2D eigenvalue weighted by molar-refractivity contribution is 7.54. The third-order valence-electron chi connectivity index (χ3n) is 5.45. The maximum absolute atomic E-state index is 14.2. The molecule has 182 valence electrons. The first-order valence-corrected chi connectivity index (χ1v) is 13.6. The summed E-state index contributed by atoms with van der Waals surface area (Å²) >= 11 is 6.15. The third kappa shape index (κ3) is 6.10. The van der Waals surface area contributed by atoms with Crippen LogP contribution in [0, 0.1) is 0 Å². The lowest BCUT2D eigenvalue weighted by molar-refractivity contribution is 0.207. The van der Waals surface area contributed by atoms with Crippen molar-refractivity contribution in [1.29, 1.82) is 0 Å². The molecular weight excluding hydrogens is 481 g/mol. The zero-order chi connectivity index (χ0) is 24.7. The van der Waals surface area contributed by atoms with Crippen LogP contribution in [0.4, 0.5) is 0 Å². The van der Waals surface area contributed by atoms with Crippen LogP contribution >= 0.6 is 19.2 Å². The molecule has 0 radical (unpaired) electrons. The van der Waals surface area contributed by atoms with Gasteiger partial charge in [0.15, 0.2) is 0 Å². The van der Waals surface area contributed by atoms with Crippen molar-refractivity contribution < 1.29 is 13.6 Å². The van der Waals surface area contributed by atoms with E-state index in [1.165, 1.54) is 0 Å². The van der Waals surface area contributed by atoms with Crippen LogP contribution in [-0.4, -0.2) is 23.0 Å². The Morgan fingerprint density at radius 3 is 2.11 bits per heavy atom. The first-order chi connectivity index (χ1) is 17.0. The van der Waals surface area contributed by atoms with E-state index in [9.17, 15) is 4.57 Å². The second-order valence-electron chi connectivity index (χ2n) is 7.86. The van der Waals surface area contributed by atoms with E-state index in [0.717, 1.165) is 22.4 Å². The highest BCUT2D eigenvalue weighted by atomic mass is 35.5. The molecule has 0 fully saturated rings. The molecule has 35 heavy (non-hydrogen) atoms. The topological polar surface area (TPSA) is 65.4 Å². The fourth-order valence-corrected chi connectivity index (χ4v) is 5.94. The minimum Gasteiger partial charge on any atom is -0.308 e. The summed E-state index contributed by atoms with van der Waals surface area (Å²) in [6, 6.07) is 27.2. The third-order valence-corrected chi connectivity index (χ3v) is 8.03. The average molecular weight is 510 g/mol. The molecule has 0 aliphatic rings. The van der Waals surface area contributed by atoms with Gasteiger partial charge in [0.05, 0.1) is 24.6 Å². The number of halogens is 1. The number of hydrogen-bond acceptors (Lipinski definition) is 5. The van der Waals surface area contributed by atoms with Crippen molar-refractivity contribution in [3.05, 3.63) is 107 Å². The highest BCUT2D eigenvalue weighted by Crippen LogP contribution is 2.60. The largest absolute Gasteiger partial charge is 0.352 e.